The highest BCUT2D eigenvalue weighted by Crippen LogP contribution is 2.58. The van der Waals surface area contributed by atoms with Gasteiger partial charge >= 0.3 is 17.2 Å². The van der Waals surface area contributed by atoms with Crippen LogP contribution >= 0.6 is 17.2 Å². The maximum Gasteiger partial charge on any atom is 0.328 e. The van der Waals surface area contributed by atoms with Gasteiger partial charge < -0.3 is 24.1 Å². The Balaban J connectivity index is 3.22. The van der Waals surface area contributed by atoms with Crippen LogP contribution in [-0.2, 0) is 30.7 Å². The highest BCUT2D eigenvalue weighted by atomic mass is 31.2. The summed E-state index contributed by atoms with van der Waals surface area (Å²) in [6, 6.07) is 8.34. The van der Waals surface area contributed by atoms with Gasteiger partial charge in [-0.25, -0.2) is 0 Å². The van der Waals surface area contributed by atoms with Crippen molar-refractivity contribution in [2.75, 3.05) is 0 Å². The SMILES string of the molecule is [CH2]C([CH2])([C](OP(O)O)c1c(C(C)(C)C)cc(C)cc1C(C)(C)C)C(OP(O)O)c1c(C(C)(C)C)cc(C)cc1C(C)(C)C. The number of hydrogen-bond donors (Lipinski definition) is 4. The first-order chi connectivity index (χ1) is 19.1. The van der Waals surface area contributed by atoms with E-state index in [1.807, 2.05) is 13.8 Å². The normalized spacial score (nSPS) is 14.8. The van der Waals surface area contributed by atoms with Crippen LogP contribution in [0.1, 0.15) is 134 Å². The molecule has 1 unspecified atom stereocenters. The summed E-state index contributed by atoms with van der Waals surface area (Å²) in [5, 5.41) is 0. The minimum atomic E-state index is -2.90. The third-order valence-electron chi connectivity index (χ3n) is 7.66. The van der Waals surface area contributed by atoms with Crippen molar-refractivity contribution in [2.24, 2.45) is 5.41 Å². The number of aryl methyl sites for hydroxylation is 2. The standard InChI is InChI=1S/C35H55O6P2/c1-21-17-23(31(3,4)5)27(24(18-21)32(6,7)8)29(40-42(36)37)35(15,16)30(41-43(38)39)28-25(33(9,10)11)19-22(2)20-26(28)34(12,13)14/h17-20,29,36-39H,15-16H2,1-14H3. The Morgan fingerprint density at radius 2 is 0.930 bits per heavy atom. The quantitative estimate of drug-likeness (QED) is 0.216. The lowest BCUT2D eigenvalue weighted by Gasteiger charge is -2.45. The zero-order valence-corrected chi connectivity index (χ0v) is 30.6. The van der Waals surface area contributed by atoms with Gasteiger partial charge in [0.05, 0.1) is 0 Å². The van der Waals surface area contributed by atoms with Crippen LogP contribution < -0.4 is 0 Å². The molecule has 4 N–H and O–H groups in total. The molecule has 2 rings (SSSR count). The molecule has 0 aliphatic rings. The fraction of sp³-hybridized carbons (Fsp3) is 0.571. The van der Waals surface area contributed by atoms with Gasteiger partial charge in [-0.3, -0.25) is 4.52 Å². The molecule has 241 valence electrons. The van der Waals surface area contributed by atoms with Gasteiger partial charge in [0, 0.05) is 5.41 Å². The average Bonchev–Trinajstić information content (AvgIpc) is 2.77. The van der Waals surface area contributed by atoms with Crippen molar-refractivity contribution in [3.63, 3.8) is 0 Å². The first-order valence-corrected chi connectivity index (χ1v) is 17.0. The molecule has 2 aromatic carbocycles. The molecule has 2 aromatic rings. The third-order valence-corrected chi connectivity index (χ3v) is 8.40. The Morgan fingerprint density at radius 3 is 1.21 bits per heavy atom. The predicted octanol–water partition coefficient (Wildman–Crippen LogP) is 9.23. The Labute approximate surface area is 264 Å². The number of rotatable bonds is 8. The minimum Gasteiger partial charge on any atom is -0.328 e. The van der Waals surface area contributed by atoms with Gasteiger partial charge in [0.25, 0.3) is 0 Å². The molecular weight excluding hydrogens is 578 g/mol. The molecule has 0 fully saturated rings. The first-order valence-electron chi connectivity index (χ1n) is 14.7. The summed E-state index contributed by atoms with van der Waals surface area (Å²) in [6.07, 6.45) is -1.01. The lowest BCUT2D eigenvalue weighted by molar-refractivity contribution is 0.0631. The van der Waals surface area contributed by atoms with Crippen LogP contribution in [0.4, 0.5) is 0 Å². The van der Waals surface area contributed by atoms with E-state index in [0.717, 1.165) is 38.9 Å². The van der Waals surface area contributed by atoms with E-state index in [1.54, 1.807) is 0 Å². The van der Waals surface area contributed by atoms with Crippen LogP contribution in [0.5, 0.6) is 0 Å². The molecule has 1 atom stereocenters. The van der Waals surface area contributed by atoms with Crippen molar-refractivity contribution >= 4 is 17.2 Å². The van der Waals surface area contributed by atoms with Gasteiger partial charge in [0.15, 0.2) is 0 Å². The number of hydrogen-bond acceptors (Lipinski definition) is 6. The van der Waals surface area contributed by atoms with Gasteiger partial charge in [-0.1, -0.05) is 118 Å². The van der Waals surface area contributed by atoms with E-state index in [4.69, 9.17) is 9.05 Å². The van der Waals surface area contributed by atoms with Crippen LogP contribution in [0, 0.1) is 39.2 Å². The van der Waals surface area contributed by atoms with Crippen molar-refractivity contribution in [1.29, 1.82) is 0 Å². The smallest absolute Gasteiger partial charge is 0.328 e. The van der Waals surface area contributed by atoms with E-state index >= 15 is 0 Å². The Kier molecular flexibility index (Phi) is 11.6. The van der Waals surface area contributed by atoms with Gasteiger partial charge in [-0.2, -0.15) is 0 Å². The molecule has 0 saturated carbocycles. The maximum atomic E-state index is 10.4. The van der Waals surface area contributed by atoms with Crippen LogP contribution in [0.25, 0.3) is 0 Å². The highest BCUT2D eigenvalue weighted by Gasteiger charge is 2.50. The van der Waals surface area contributed by atoms with E-state index in [1.165, 1.54) is 0 Å². The molecule has 0 spiro atoms. The summed E-state index contributed by atoms with van der Waals surface area (Å²) >= 11 is 0. The second-order valence-corrected chi connectivity index (χ2v) is 17.5. The zero-order valence-electron chi connectivity index (χ0n) is 28.8. The second kappa shape index (κ2) is 13.0. The molecular formula is C35H55O6P2. The Bertz CT molecular complexity index is 1100. The molecule has 0 aliphatic heterocycles. The van der Waals surface area contributed by atoms with E-state index < -0.39 is 28.7 Å². The highest BCUT2D eigenvalue weighted by molar-refractivity contribution is 7.39. The molecule has 0 aliphatic carbocycles. The zero-order chi connectivity index (χ0) is 33.7. The summed E-state index contributed by atoms with van der Waals surface area (Å²) in [5.41, 5.74) is 4.14. The van der Waals surface area contributed by atoms with Gasteiger partial charge in [-0.05, 0) is 82.7 Å². The molecule has 8 heteroatoms. The monoisotopic (exact) mass is 633 g/mol. The summed E-state index contributed by atoms with van der Waals surface area (Å²) in [5.74, 6) is 0. The lowest BCUT2D eigenvalue weighted by atomic mass is 9.64. The van der Waals surface area contributed by atoms with E-state index in [-0.39, 0.29) is 27.8 Å². The predicted molar refractivity (Wildman–Crippen MR) is 180 cm³/mol. The van der Waals surface area contributed by atoms with Gasteiger partial charge in [-0.15, -0.1) is 0 Å². The molecule has 0 aromatic heterocycles. The third kappa shape index (κ3) is 9.08. The number of benzene rings is 2. The maximum absolute atomic E-state index is 10.4. The van der Waals surface area contributed by atoms with Crippen LogP contribution in [0.2, 0.25) is 0 Å². The average molecular weight is 634 g/mol. The topological polar surface area (TPSA) is 99.4 Å². The van der Waals surface area contributed by atoms with E-state index in [9.17, 15) is 19.6 Å². The van der Waals surface area contributed by atoms with Crippen molar-refractivity contribution in [2.45, 2.75) is 125 Å². The summed E-state index contributed by atoms with van der Waals surface area (Å²) in [7, 11) is -5.78. The Hall–Kier alpha value is -0.940. The molecule has 0 saturated heterocycles. The molecule has 3 radical (unpaired) electrons. The summed E-state index contributed by atoms with van der Waals surface area (Å²) in [4.78, 5) is 41.7. The van der Waals surface area contributed by atoms with Gasteiger partial charge in [0.1, 0.15) is 12.2 Å². The van der Waals surface area contributed by atoms with E-state index in [0.29, 0.717) is 5.56 Å². The van der Waals surface area contributed by atoms with Crippen LogP contribution in [-0.4, -0.2) is 19.6 Å². The molecule has 6 nitrogen and oxygen atoms in total. The minimum absolute atomic E-state index is 0.126. The second-order valence-electron chi connectivity index (χ2n) is 16.1. The largest absolute Gasteiger partial charge is 0.328 e. The molecule has 0 heterocycles. The molecule has 43 heavy (non-hydrogen) atoms. The van der Waals surface area contributed by atoms with Gasteiger partial charge in [0.2, 0.25) is 0 Å². The van der Waals surface area contributed by atoms with Crippen molar-refractivity contribution < 1.29 is 28.6 Å². The molecule has 0 bridgehead atoms. The van der Waals surface area contributed by atoms with Crippen LogP contribution in [0.3, 0.4) is 0 Å². The fourth-order valence-electron chi connectivity index (χ4n) is 5.65. The lowest BCUT2D eigenvalue weighted by Crippen LogP contribution is -2.38. The summed E-state index contributed by atoms with van der Waals surface area (Å²) in [6.45, 7) is 38.3. The van der Waals surface area contributed by atoms with Crippen molar-refractivity contribution in [3.8, 4) is 0 Å². The van der Waals surface area contributed by atoms with Crippen molar-refractivity contribution in [3.05, 3.63) is 88.7 Å². The Morgan fingerprint density at radius 1 is 0.605 bits per heavy atom. The molecule has 0 amide bonds. The van der Waals surface area contributed by atoms with E-state index in [2.05, 4.69) is 121 Å². The first kappa shape index (κ1) is 38.2. The van der Waals surface area contributed by atoms with Crippen LogP contribution in [0.15, 0.2) is 24.3 Å². The summed E-state index contributed by atoms with van der Waals surface area (Å²) < 4.78 is 12.1. The van der Waals surface area contributed by atoms with Crippen molar-refractivity contribution in [1.82, 2.24) is 0 Å². The fourth-order valence-corrected chi connectivity index (χ4v) is 6.58.